The first-order chi connectivity index (χ1) is 8.87. The molecule has 0 aliphatic rings. The Labute approximate surface area is 119 Å². The van der Waals surface area contributed by atoms with E-state index >= 15 is 0 Å². The topological polar surface area (TPSA) is 62.2 Å². The first kappa shape index (κ1) is 16.0. The van der Waals surface area contributed by atoms with Crippen molar-refractivity contribution in [1.82, 2.24) is 10.3 Å². The van der Waals surface area contributed by atoms with Crippen molar-refractivity contribution in [1.29, 1.82) is 0 Å². The molecule has 5 heteroatoms. The van der Waals surface area contributed by atoms with Gasteiger partial charge in [-0.2, -0.15) is 0 Å². The Morgan fingerprint density at radius 2 is 2.16 bits per heavy atom. The fourth-order valence-corrected chi connectivity index (χ4v) is 2.80. The Morgan fingerprint density at radius 1 is 1.47 bits per heavy atom. The molecule has 0 bridgehead atoms. The van der Waals surface area contributed by atoms with Crippen LogP contribution in [-0.2, 0) is 4.79 Å². The van der Waals surface area contributed by atoms with Gasteiger partial charge in [0.25, 0.3) is 0 Å². The van der Waals surface area contributed by atoms with Gasteiger partial charge in [-0.25, -0.2) is 4.98 Å². The maximum absolute atomic E-state index is 11.1. The van der Waals surface area contributed by atoms with Crippen molar-refractivity contribution in [3.8, 4) is 0 Å². The number of nitrogens with zero attached hydrogens (tertiary/aromatic N) is 1. The van der Waals surface area contributed by atoms with Crippen molar-refractivity contribution < 1.29 is 9.90 Å². The van der Waals surface area contributed by atoms with Crippen molar-refractivity contribution in [2.45, 2.75) is 44.2 Å². The van der Waals surface area contributed by atoms with Gasteiger partial charge in [-0.3, -0.25) is 4.79 Å². The van der Waals surface area contributed by atoms with Crippen LogP contribution in [0.15, 0.2) is 17.2 Å². The number of aromatic nitrogens is 1. The Kier molecular flexibility index (Phi) is 5.82. The van der Waals surface area contributed by atoms with Crippen LogP contribution in [0.1, 0.15) is 31.0 Å². The third-order valence-corrected chi connectivity index (χ3v) is 4.17. The number of pyridine rings is 1. The van der Waals surface area contributed by atoms with E-state index in [1.165, 1.54) is 5.56 Å². The molecule has 0 aromatic carbocycles. The number of rotatable bonds is 7. The molecule has 1 aromatic heterocycles. The minimum Gasteiger partial charge on any atom is -0.480 e. The number of nitrogens with one attached hydrogen (secondary N) is 1. The molecule has 106 valence electrons. The van der Waals surface area contributed by atoms with E-state index in [-0.39, 0.29) is 0 Å². The maximum Gasteiger partial charge on any atom is 0.323 e. The summed E-state index contributed by atoms with van der Waals surface area (Å²) in [6.07, 6.45) is 1.44. The van der Waals surface area contributed by atoms with E-state index in [9.17, 15) is 4.79 Å². The number of carbonyl (C=O) groups is 1. The molecule has 0 spiro atoms. The van der Waals surface area contributed by atoms with Crippen molar-refractivity contribution >= 4 is 17.7 Å². The average molecular weight is 282 g/mol. The molecular formula is C14H22N2O2S. The quantitative estimate of drug-likeness (QED) is 0.594. The Hall–Kier alpha value is -1.07. The lowest BCUT2D eigenvalue weighted by molar-refractivity contribution is -0.144. The number of carboxylic acid groups (broad SMARTS) is 1. The molecule has 4 nitrogen and oxygen atoms in total. The SMILES string of the molecule is CNC(C)(CCCSc1cc(C)cc(C)n1)C(=O)O. The van der Waals surface area contributed by atoms with Crippen molar-refractivity contribution in [2.75, 3.05) is 12.8 Å². The van der Waals surface area contributed by atoms with E-state index in [1.807, 2.05) is 13.0 Å². The van der Waals surface area contributed by atoms with Crippen LogP contribution in [0.4, 0.5) is 0 Å². The highest BCUT2D eigenvalue weighted by molar-refractivity contribution is 7.99. The van der Waals surface area contributed by atoms with Crippen molar-refractivity contribution in [3.63, 3.8) is 0 Å². The average Bonchev–Trinajstić information content (AvgIpc) is 2.33. The second-order valence-corrected chi connectivity index (χ2v) is 6.08. The molecule has 0 fully saturated rings. The highest BCUT2D eigenvalue weighted by atomic mass is 32.2. The number of hydrogen-bond acceptors (Lipinski definition) is 4. The van der Waals surface area contributed by atoms with Crippen LogP contribution in [0.2, 0.25) is 0 Å². The summed E-state index contributed by atoms with van der Waals surface area (Å²) < 4.78 is 0. The smallest absolute Gasteiger partial charge is 0.323 e. The zero-order valence-corrected chi connectivity index (χ0v) is 12.8. The first-order valence-electron chi connectivity index (χ1n) is 6.38. The Balaban J connectivity index is 2.44. The molecule has 19 heavy (non-hydrogen) atoms. The molecule has 1 unspecified atom stereocenters. The first-order valence-corrected chi connectivity index (χ1v) is 7.36. The standard InChI is InChI=1S/C14H22N2O2S/c1-10-8-11(2)16-12(9-10)19-7-5-6-14(3,15-4)13(17)18/h8-9,15H,5-7H2,1-4H3,(H,17,18). The molecule has 0 radical (unpaired) electrons. The summed E-state index contributed by atoms with van der Waals surface area (Å²) in [4.78, 5) is 15.6. The highest BCUT2D eigenvalue weighted by Crippen LogP contribution is 2.21. The lowest BCUT2D eigenvalue weighted by Gasteiger charge is -2.23. The molecular weight excluding hydrogens is 260 g/mol. The van der Waals surface area contributed by atoms with E-state index < -0.39 is 11.5 Å². The monoisotopic (exact) mass is 282 g/mol. The van der Waals surface area contributed by atoms with E-state index in [1.54, 1.807) is 25.7 Å². The minimum absolute atomic E-state index is 0.608. The van der Waals surface area contributed by atoms with Crippen LogP contribution in [0.3, 0.4) is 0 Å². The highest BCUT2D eigenvalue weighted by Gasteiger charge is 2.30. The third-order valence-electron chi connectivity index (χ3n) is 3.17. The second-order valence-electron chi connectivity index (χ2n) is 4.96. The van der Waals surface area contributed by atoms with Gasteiger partial charge < -0.3 is 10.4 Å². The Morgan fingerprint density at radius 3 is 2.68 bits per heavy atom. The van der Waals surface area contributed by atoms with E-state index in [0.717, 1.165) is 22.9 Å². The molecule has 1 rings (SSSR count). The van der Waals surface area contributed by atoms with Gasteiger partial charge in [0.15, 0.2) is 0 Å². The van der Waals surface area contributed by atoms with Gasteiger partial charge in [-0.05, 0) is 64.1 Å². The Bertz CT molecular complexity index is 431. The van der Waals surface area contributed by atoms with Crippen molar-refractivity contribution in [2.24, 2.45) is 0 Å². The van der Waals surface area contributed by atoms with Crippen molar-refractivity contribution in [3.05, 3.63) is 23.4 Å². The minimum atomic E-state index is -0.837. The van der Waals surface area contributed by atoms with Gasteiger partial charge in [0.05, 0.1) is 5.03 Å². The third kappa shape index (κ3) is 4.84. The number of carboxylic acids is 1. The molecule has 0 amide bonds. The number of likely N-dealkylation sites (N-methyl/N-ethyl adjacent to an activating group) is 1. The van der Waals surface area contributed by atoms with Crippen LogP contribution in [0.5, 0.6) is 0 Å². The number of aryl methyl sites for hydroxylation is 2. The van der Waals surface area contributed by atoms with E-state index in [2.05, 4.69) is 23.3 Å². The predicted molar refractivity (Wildman–Crippen MR) is 78.8 cm³/mol. The van der Waals surface area contributed by atoms with E-state index in [4.69, 9.17) is 5.11 Å². The summed E-state index contributed by atoms with van der Waals surface area (Å²) in [5.41, 5.74) is 1.39. The molecule has 2 N–H and O–H groups in total. The largest absolute Gasteiger partial charge is 0.480 e. The summed E-state index contributed by atoms with van der Waals surface area (Å²) in [6.45, 7) is 5.76. The zero-order valence-electron chi connectivity index (χ0n) is 12.0. The van der Waals surface area contributed by atoms with Crippen LogP contribution >= 0.6 is 11.8 Å². The lowest BCUT2D eigenvalue weighted by atomic mass is 9.97. The van der Waals surface area contributed by atoms with Crippen LogP contribution in [0.25, 0.3) is 0 Å². The summed E-state index contributed by atoms with van der Waals surface area (Å²) >= 11 is 1.68. The van der Waals surface area contributed by atoms with Crippen LogP contribution < -0.4 is 5.32 Å². The normalized spacial score (nSPS) is 14.1. The molecule has 0 aliphatic heterocycles. The lowest BCUT2D eigenvalue weighted by Crippen LogP contribution is -2.47. The summed E-state index contributed by atoms with van der Waals surface area (Å²) in [7, 11) is 1.69. The zero-order chi connectivity index (χ0) is 14.5. The molecule has 1 heterocycles. The summed E-state index contributed by atoms with van der Waals surface area (Å²) in [5.74, 6) is 0.0741. The fraction of sp³-hybridized carbons (Fsp3) is 0.571. The summed E-state index contributed by atoms with van der Waals surface area (Å²) in [6, 6.07) is 4.11. The molecule has 1 atom stereocenters. The second kappa shape index (κ2) is 6.91. The van der Waals surface area contributed by atoms with Gasteiger partial charge in [0.2, 0.25) is 0 Å². The van der Waals surface area contributed by atoms with Gasteiger partial charge in [0.1, 0.15) is 5.54 Å². The van der Waals surface area contributed by atoms with Crippen LogP contribution in [0, 0.1) is 13.8 Å². The molecule has 0 aliphatic carbocycles. The number of aliphatic carboxylic acids is 1. The van der Waals surface area contributed by atoms with E-state index in [0.29, 0.717) is 6.42 Å². The van der Waals surface area contributed by atoms with Gasteiger partial charge in [-0.1, -0.05) is 0 Å². The van der Waals surface area contributed by atoms with Gasteiger partial charge in [-0.15, -0.1) is 11.8 Å². The number of hydrogen-bond donors (Lipinski definition) is 2. The fourth-order valence-electron chi connectivity index (χ4n) is 1.82. The van der Waals surface area contributed by atoms with Gasteiger partial charge in [0, 0.05) is 5.69 Å². The molecule has 0 saturated carbocycles. The maximum atomic E-state index is 11.1. The summed E-state index contributed by atoms with van der Waals surface area (Å²) in [5, 5.41) is 13.0. The van der Waals surface area contributed by atoms with Gasteiger partial charge >= 0.3 is 5.97 Å². The number of thioether (sulfide) groups is 1. The molecule has 1 aromatic rings. The molecule has 0 saturated heterocycles. The van der Waals surface area contributed by atoms with Crippen LogP contribution in [-0.4, -0.2) is 34.4 Å². The predicted octanol–water partition coefficient (Wildman–Crippen LogP) is 2.63.